The maximum Gasteiger partial charge on any atom is 0.318 e. The summed E-state index contributed by atoms with van der Waals surface area (Å²) in [5.74, 6) is -2.72. The number of esters is 1. The summed E-state index contributed by atoms with van der Waals surface area (Å²) in [6.07, 6.45) is 14.2. The molecule has 0 aromatic carbocycles. The van der Waals surface area contributed by atoms with Gasteiger partial charge in [-0.15, -0.1) is 0 Å². The normalized spacial score (nSPS) is 32.9. The lowest BCUT2D eigenvalue weighted by Crippen LogP contribution is -2.52. The Balaban J connectivity index is 1.64. The van der Waals surface area contributed by atoms with E-state index >= 15 is 0 Å². The van der Waals surface area contributed by atoms with Gasteiger partial charge in [-0.25, -0.2) is 0 Å². The predicted molar refractivity (Wildman–Crippen MR) is 131 cm³/mol. The van der Waals surface area contributed by atoms with Crippen molar-refractivity contribution < 1.29 is 28.7 Å². The second kappa shape index (κ2) is 10.1. The second-order valence-electron chi connectivity index (χ2n) is 10.7. The molecule has 4 rings (SSSR count). The molecule has 0 radical (unpaired) electrons. The van der Waals surface area contributed by atoms with Gasteiger partial charge in [0, 0.05) is 24.7 Å². The van der Waals surface area contributed by atoms with E-state index in [4.69, 9.17) is 9.47 Å². The molecule has 0 aromatic rings. The number of rotatable bonds is 8. The molecule has 2 aliphatic carbocycles. The molecule has 0 N–H and O–H groups in total. The number of fused-ring (bicyclic) bond motifs is 4. The molecule has 0 spiro atoms. The summed E-state index contributed by atoms with van der Waals surface area (Å²) in [4.78, 5) is 52.4. The summed E-state index contributed by atoms with van der Waals surface area (Å²) >= 11 is 0. The lowest BCUT2D eigenvalue weighted by atomic mass is 9.71. The zero-order valence-electron chi connectivity index (χ0n) is 21.2. The summed E-state index contributed by atoms with van der Waals surface area (Å²) in [6.45, 7) is 7.60. The van der Waals surface area contributed by atoms with Gasteiger partial charge >= 0.3 is 5.97 Å². The van der Waals surface area contributed by atoms with Crippen LogP contribution in [-0.2, 0) is 28.7 Å². The van der Waals surface area contributed by atoms with Gasteiger partial charge in [-0.05, 0) is 42.6 Å². The first-order chi connectivity index (χ1) is 16.7. The summed E-state index contributed by atoms with van der Waals surface area (Å²) < 4.78 is 11.6. The minimum atomic E-state index is -1.32. The molecule has 6 nitrogen and oxygen atoms in total. The van der Waals surface area contributed by atoms with Crippen molar-refractivity contribution >= 4 is 23.3 Å². The smallest absolute Gasteiger partial charge is 0.318 e. The molecule has 0 amide bonds. The molecular weight excluding hydrogens is 444 g/mol. The molecule has 0 saturated carbocycles. The molecule has 1 saturated heterocycles. The summed E-state index contributed by atoms with van der Waals surface area (Å²) in [5, 5.41) is 0. The van der Waals surface area contributed by atoms with Gasteiger partial charge < -0.3 is 9.47 Å². The first kappa shape index (κ1) is 25.3. The molecule has 0 aromatic heterocycles. The number of hydrogen-bond acceptors (Lipinski definition) is 6. The molecule has 3 unspecified atom stereocenters. The van der Waals surface area contributed by atoms with Crippen molar-refractivity contribution in [3.63, 3.8) is 0 Å². The number of unbranched alkanes of at least 4 members (excludes halogenated alkanes) is 3. The van der Waals surface area contributed by atoms with Gasteiger partial charge in [0.15, 0.2) is 17.2 Å². The highest BCUT2D eigenvalue weighted by Gasteiger charge is 2.54. The number of ketones is 3. The van der Waals surface area contributed by atoms with Gasteiger partial charge in [-0.2, -0.15) is 0 Å². The van der Waals surface area contributed by atoms with E-state index in [0.29, 0.717) is 23.3 Å². The Bertz CT molecular complexity index is 1040. The molecule has 2 bridgehead atoms. The summed E-state index contributed by atoms with van der Waals surface area (Å²) in [6, 6.07) is 0. The van der Waals surface area contributed by atoms with Gasteiger partial charge in [0.05, 0.1) is 12.2 Å². The van der Waals surface area contributed by atoms with Crippen molar-refractivity contribution in [2.75, 3.05) is 0 Å². The summed E-state index contributed by atoms with van der Waals surface area (Å²) in [7, 11) is 0. The van der Waals surface area contributed by atoms with Gasteiger partial charge in [-0.3, -0.25) is 19.2 Å². The fourth-order valence-electron chi connectivity index (χ4n) is 5.81. The number of hydrogen-bond donors (Lipinski definition) is 0. The fraction of sp³-hybridized carbons (Fsp3) is 0.586. The van der Waals surface area contributed by atoms with Crippen molar-refractivity contribution in [2.45, 2.75) is 78.2 Å². The van der Waals surface area contributed by atoms with Crippen LogP contribution in [0.1, 0.15) is 72.6 Å². The van der Waals surface area contributed by atoms with E-state index in [1.807, 2.05) is 26.0 Å². The quantitative estimate of drug-likeness (QED) is 0.206. The Hall–Kier alpha value is -2.76. The van der Waals surface area contributed by atoms with Gasteiger partial charge in [-0.1, -0.05) is 58.6 Å². The maximum atomic E-state index is 13.5. The van der Waals surface area contributed by atoms with Crippen LogP contribution in [0, 0.1) is 29.6 Å². The third-order valence-corrected chi connectivity index (χ3v) is 7.97. The molecule has 2 aliphatic heterocycles. The predicted octanol–water partition coefficient (Wildman–Crippen LogP) is 5.19. The zero-order valence-corrected chi connectivity index (χ0v) is 21.2. The van der Waals surface area contributed by atoms with Crippen molar-refractivity contribution in [1.29, 1.82) is 0 Å². The van der Waals surface area contributed by atoms with Crippen LogP contribution in [-0.4, -0.2) is 28.9 Å². The van der Waals surface area contributed by atoms with E-state index < -0.39 is 29.3 Å². The first-order valence-electron chi connectivity index (χ1n) is 13.0. The van der Waals surface area contributed by atoms with E-state index in [9.17, 15) is 19.2 Å². The van der Waals surface area contributed by atoms with Crippen LogP contribution in [0.2, 0.25) is 0 Å². The van der Waals surface area contributed by atoms with Crippen LogP contribution in [0.5, 0.6) is 0 Å². The standard InChI is InChI=1S/C29H36O6/c1-5-6-7-8-10-18(3)27(32)26-20-15-29(4,35-28(26)33)24(31)14-19-13-23(34-16-21(19)20)25-17(2)11-9-12-22(25)30/h9,11,13-14,16-18,20,25-26H,5-8,10,12,15H2,1-4H3/t17-,18+,20+,25?,26?,29?/m1/s1. The van der Waals surface area contributed by atoms with Crippen LogP contribution in [0.25, 0.3) is 0 Å². The molecule has 2 heterocycles. The van der Waals surface area contributed by atoms with Crippen molar-refractivity contribution in [2.24, 2.45) is 29.6 Å². The highest BCUT2D eigenvalue weighted by atomic mass is 16.6. The van der Waals surface area contributed by atoms with Gasteiger partial charge in [0.25, 0.3) is 0 Å². The van der Waals surface area contributed by atoms with E-state index in [0.717, 1.165) is 32.1 Å². The van der Waals surface area contributed by atoms with E-state index in [-0.39, 0.29) is 35.6 Å². The topological polar surface area (TPSA) is 86.7 Å². The van der Waals surface area contributed by atoms with E-state index in [1.165, 1.54) is 6.08 Å². The zero-order chi connectivity index (χ0) is 25.3. The number of carbonyl (C=O) groups excluding carboxylic acids is 4. The third-order valence-electron chi connectivity index (χ3n) is 7.97. The minimum Gasteiger partial charge on any atom is -0.468 e. The molecule has 6 heteroatoms. The Morgan fingerprint density at radius 3 is 2.66 bits per heavy atom. The van der Waals surface area contributed by atoms with Crippen LogP contribution in [0.3, 0.4) is 0 Å². The van der Waals surface area contributed by atoms with E-state index in [1.54, 1.807) is 19.3 Å². The number of carbonyl (C=O) groups is 4. The average molecular weight is 481 g/mol. The average Bonchev–Trinajstić information content (AvgIpc) is 2.88. The Morgan fingerprint density at radius 2 is 1.94 bits per heavy atom. The molecule has 188 valence electrons. The third kappa shape index (κ3) is 4.85. The fourth-order valence-corrected chi connectivity index (χ4v) is 5.81. The Morgan fingerprint density at radius 1 is 1.17 bits per heavy atom. The molecule has 1 fully saturated rings. The molecular formula is C29H36O6. The minimum absolute atomic E-state index is 0.0240. The lowest BCUT2D eigenvalue weighted by molar-refractivity contribution is -0.181. The lowest BCUT2D eigenvalue weighted by Gasteiger charge is -2.40. The number of Topliss-reactive ketones (excluding diaryl/α,β-unsaturated/α-hetero) is 2. The van der Waals surface area contributed by atoms with Crippen LogP contribution in [0.4, 0.5) is 0 Å². The van der Waals surface area contributed by atoms with Crippen LogP contribution >= 0.6 is 0 Å². The van der Waals surface area contributed by atoms with Gasteiger partial charge in [0.2, 0.25) is 0 Å². The SMILES string of the molecule is CCCCCC[C@H](C)C(=O)C1C(=O)OC2(C)C[C@H]1C1=COC(C3C(=O)CC=C[C@H]3C)=CC1=CC2=O. The first-order valence-corrected chi connectivity index (χ1v) is 13.0. The molecule has 6 atom stereocenters. The highest BCUT2D eigenvalue weighted by molar-refractivity contribution is 6.06. The largest absolute Gasteiger partial charge is 0.468 e. The van der Waals surface area contributed by atoms with Crippen LogP contribution < -0.4 is 0 Å². The number of ether oxygens (including phenoxy) is 2. The highest BCUT2D eigenvalue weighted by Crippen LogP contribution is 2.47. The van der Waals surface area contributed by atoms with Crippen molar-refractivity contribution in [3.05, 3.63) is 47.5 Å². The molecule has 4 aliphatic rings. The Labute approximate surface area is 207 Å². The van der Waals surface area contributed by atoms with Crippen LogP contribution in [0.15, 0.2) is 47.5 Å². The Kier molecular flexibility index (Phi) is 7.30. The van der Waals surface area contributed by atoms with E-state index in [2.05, 4.69) is 6.92 Å². The number of allylic oxidation sites excluding steroid dienone is 6. The second-order valence-corrected chi connectivity index (χ2v) is 10.7. The maximum absolute atomic E-state index is 13.5. The van der Waals surface area contributed by atoms with Gasteiger partial charge in [0.1, 0.15) is 17.5 Å². The monoisotopic (exact) mass is 480 g/mol. The summed E-state index contributed by atoms with van der Waals surface area (Å²) in [5.41, 5.74) is -0.0598. The van der Waals surface area contributed by atoms with Crippen molar-refractivity contribution in [1.82, 2.24) is 0 Å². The van der Waals surface area contributed by atoms with Crippen molar-refractivity contribution in [3.8, 4) is 0 Å². The molecule has 35 heavy (non-hydrogen) atoms.